The number of sulfonamides is 1. The highest BCUT2D eigenvalue weighted by molar-refractivity contribution is 7.90. The third kappa shape index (κ3) is 5.96. The minimum absolute atomic E-state index is 0.0958. The van der Waals surface area contributed by atoms with Gasteiger partial charge in [-0.1, -0.05) is 24.3 Å². The summed E-state index contributed by atoms with van der Waals surface area (Å²) in [6, 6.07) is 15.4. The minimum atomic E-state index is -3.68. The van der Waals surface area contributed by atoms with Crippen molar-refractivity contribution in [2.45, 2.75) is 35.3 Å². The molecule has 9 heteroatoms. The topological polar surface area (TPSA) is 81.2 Å². The first-order valence-corrected chi connectivity index (χ1v) is 13.8. The zero-order valence-electron chi connectivity index (χ0n) is 19.0. The summed E-state index contributed by atoms with van der Waals surface area (Å²) in [5.41, 5.74) is 2.07. The maximum absolute atomic E-state index is 12.7. The fourth-order valence-corrected chi connectivity index (χ4v) is 6.22. The normalized spacial score (nSPS) is 17.5. The van der Waals surface area contributed by atoms with Gasteiger partial charge < -0.3 is 10.0 Å². The van der Waals surface area contributed by atoms with Crippen molar-refractivity contribution in [2.24, 2.45) is 0 Å². The molecular formula is C23H33N3O4S2. The first kappa shape index (κ1) is 24.9. The van der Waals surface area contributed by atoms with E-state index >= 15 is 0 Å². The molecule has 2 aromatic carbocycles. The van der Waals surface area contributed by atoms with Crippen LogP contribution in [0.3, 0.4) is 0 Å². The molecule has 1 N–H and O–H groups in total. The number of para-hydroxylation sites is 1. The quantitative estimate of drug-likeness (QED) is 0.594. The molecule has 176 valence electrons. The van der Waals surface area contributed by atoms with E-state index in [0.717, 1.165) is 42.5 Å². The summed E-state index contributed by atoms with van der Waals surface area (Å²) in [4.78, 5) is 4.84. The van der Waals surface area contributed by atoms with E-state index in [1.807, 2.05) is 24.3 Å². The Bertz CT molecular complexity index is 1020. The molecule has 0 saturated carbocycles. The van der Waals surface area contributed by atoms with E-state index in [-0.39, 0.29) is 4.90 Å². The van der Waals surface area contributed by atoms with E-state index in [4.69, 9.17) is 0 Å². The van der Waals surface area contributed by atoms with Gasteiger partial charge in [0.2, 0.25) is 10.0 Å². The maximum atomic E-state index is 12.7. The van der Waals surface area contributed by atoms with E-state index in [9.17, 15) is 17.7 Å². The molecule has 0 spiro atoms. The fourth-order valence-electron chi connectivity index (χ4n) is 3.93. The van der Waals surface area contributed by atoms with E-state index in [2.05, 4.69) is 21.9 Å². The molecule has 1 aliphatic rings. The Morgan fingerprint density at radius 2 is 1.72 bits per heavy atom. The number of nitrogens with zero attached hydrogens (tertiary/aromatic N) is 3. The summed E-state index contributed by atoms with van der Waals surface area (Å²) >= 11 is 0. The third-order valence-corrected chi connectivity index (χ3v) is 8.82. The number of rotatable bonds is 9. The smallest absolute Gasteiger partial charge is 0.243 e. The lowest BCUT2D eigenvalue weighted by Gasteiger charge is -2.38. The van der Waals surface area contributed by atoms with Gasteiger partial charge in [0, 0.05) is 52.2 Å². The first-order valence-electron chi connectivity index (χ1n) is 10.8. The molecule has 0 aromatic heterocycles. The number of anilines is 1. The first-order chi connectivity index (χ1) is 15.2. The molecule has 32 heavy (non-hydrogen) atoms. The van der Waals surface area contributed by atoms with Crippen LogP contribution < -0.4 is 4.90 Å². The second-order valence-corrected chi connectivity index (χ2v) is 11.7. The standard InChI is InChI=1S/C23H33N3O4S2/c1-24(2)32(29,30)22-18-19(12-13-21(22)31(3)28)8-7-11-23(27)26-16-14-25(15-17-26)20-9-5-4-6-10-20/h4-6,9-10,12-13,18,23,27H,7-8,11,14-17H2,1-3H3. The lowest BCUT2D eigenvalue weighted by molar-refractivity contribution is -0.00665. The van der Waals surface area contributed by atoms with E-state index in [1.54, 1.807) is 12.1 Å². The average molecular weight is 480 g/mol. The largest absolute Gasteiger partial charge is 0.378 e. The van der Waals surface area contributed by atoms with Gasteiger partial charge in [-0.05, 0) is 49.1 Å². The van der Waals surface area contributed by atoms with Crippen molar-refractivity contribution in [1.29, 1.82) is 0 Å². The van der Waals surface area contributed by atoms with Crippen molar-refractivity contribution in [3.8, 4) is 0 Å². The molecule has 2 atom stereocenters. The van der Waals surface area contributed by atoms with Gasteiger partial charge in [-0.15, -0.1) is 0 Å². The van der Waals surface area contributed by atoms with Gasteiger partial charge >= 0.3 is 0 Å². The van der Waals surface area contributed by atoms with Crippen LogP contribution in [0.1, 0.15) is 18.4 Å². The molecule has 0 aliphatic carbocycles. The molecule has 2 aromatic rings. The Balaban J connectivity index is 1.55. The van der Waals surface area contributed by atoms with Crippen molar-refractivity contribution in [2.75, 3.05) is 51.4 Å². The Hall–Kier alpha value is -1.78. The van der Waals surface area contributed by atoms with Crippen LogP contribution in [0.2, 0.25) is 0 Å². The van der Waals surface area contributed by atoms with Gasteiger partial charge in [0.05, 0.1) is 20.6 Å². The molecule has 1 aliphatic heterocycles. The zero-order valence-corrected chi connectivity index (χ0v) is 20.6. The van der Waals surface area contributed by atoms with Crippen molar-refractivity contribution in [3.05, 3.63) is 54.1 Å². The fraction of sp³-hybridized carbons (Fsp3) is 0.478. The Kier molecular flexibility index (Phi) is 8.46. The van der Waals surface area contributed by atoms with Gasteiger partial charge in [0.15, 0.2) is 0 Å². The predicted octanol–water partition coefficient (Wildman–Crippen LogP) is 2.14. The van der Waals surface area contributed by atoms with Crippen LogP contribution in [-0.4, -0.2) is 79.7 Å². The Morgan fingerprint density at radius 3 is 2.31 bits per heavy atom. The maximum Gasteiger partial charge on any atom is 0.243 e. The summed E-state index contributed by atoms with van der Waals surface area (Å²) in [5, 5.41) is 10.6. The molecule has 0 amide bonds. The summed E-state index contributed by atoms with van der Waals surface area (Å²) in [7, 11) is -2.14. The van der Waals surface area contributed by atoms with Crippen LogP contribution in [0, 0.1) is 0 Å². The highest BCUT2D eigenvalue weighted by Crippen LogP contribution is 2.24. The van der Waals surface area contributed by atoms with Crippen molar-refractivity contribution in [1.82, 2.24) is 9.21 Å². The third-order valence-electron chi connectivity index (χ3n) is 5.86. The van der Waals surface area contributed by atoms with E-state index < -0.39 is 27.1 Å². The monoisotopic (exact) mass is 479 g/mol. The zero-order chi connectivity index (χ0) is 23.3. The van der Waals surface area contributed by atoms with E-state index in [1.165, 1.54) is 26.0 Å². The lowest BCUT2D eigenvalue weighted by Crippen LogP contribution is -2.50. The second kappa shape index (κ2) is 10.9. The van der Waals surface area contributed by atoms with Crippen LogP contribution in [0.15, 0.2) is 58.3 Å². The molecule has 7 nitrogen and oxygen atoms in total. The Labute approximate surface area is 194 Å². The highest BCUT2D eigenvalue weighted by atomic mass is 32.2. The van der Waals surface area contributed by atoms with Gasteiger partial charge in [-0.25, -0.2) is 12.7 Å². The number of hydrogen-bond acceptors (Lipinski definition) is 6. The Morgan fingerprint density at radius 1 is 1.06 bits per heavy atom. The molecule has 2 unspecified atom stereocenters. The molecule has 1 fully saturated rings. The molecule has 1 saturated heterocycles. The number of benzene rings is 2. The van der Waals surface area contributed by atoms with E-state index in [0.29, 0.717) is 17.7 Å². The van der Waals surface area contributed by atoms with Gasteiger partial charge in [0.1, 0.15) is 6.23 Å². The van der Waals surface area contributed by atoms with Crippen molar-refractivity contribution >= 4 is 26.5 Å². The van der Waals surface area contributed by atoms with Gasteiger partial charge in [-0.3, -0.25) is 9.11 Å². The number of piperazine rings is 1. The average Bonchev–Trinajstić information content (AvgIpc) is 2.79. The van der Waals surface area contributed by atoms with Crippen LogP contribution in [0.25, 0.3) is 0 Å². The summed E-state index contributed by atoms with van der Waals surface area (Å²) in [5.74, 6) is 0. The second-order valence-electron chi connectivity index (χ2n) is 8.25. The number of aliphatic hydroxyl groups excluding tert-OH is 1. The van der Waals surface area contributed by atoms with Crippen molar-refractivity contribution < 1.29 is 17.7 Å². The SMILES string of the molecule is CN(C)S(=O)(=O)c1cc(CCCC(O)N2CCN(c3ccccc3)CC2)ccc1S(C)=O. The van der Waals surface area contributed by atoms with Crippen LogP contribution in [0.4, 0.5) is 5.69 Å². The van der Waals surface area contributed by atoms with Crippen LogP contribution in [-0.2, 0) is 27.2 Å². The molecule has 0 bridgehead atoms. The van der Waals surface area contributed by atoms with Gasteiger partial charge in [0.25, 0.3) is 0 Å². The molecular weight excluding hydrogens is 446 g/mol. The van der Waals surface area contributed by atoms with Crippen LogP contribution >= 0.6 is 0 Å². The number of hydrogen-bond donors (Lipinski definition) is 1. The summed E-state index contributed by atoms with van der Waals surface area (Å²) < 4.78 is 38.5. The van der Waals surface area contributed by atoms with Gasteiger partial charge in [-0.2, -0.15) is 0 Å². The van der Waals surface area contributed by atoms with Crippen molar-refractivity contribution in [3.63, 3.8) is 0 Å². The molecule has 3 rings (SSSR count). The highest BCUT2D eigenvalue weighted by Gasteiger charge is 2.24. The summed E-state index contributed by atoms with van der Waals surface area (Å²) in [6.45, 7) is 3.36. The number of aryl methyl sites for hydroxylation is 1. The minimum Gasteiger partial charge on any atom is -0.378 e. The lowest BCUT2D eigenvalue weighted by atomic mass is 10.1. The number of aliphatic hydroxyl groups is 1. The summed E-state index contributed by atoms with van der Waals surface area (Å²) in [6.07, 6.45) is 2.96. The molecule has 1 heterocycles. The predicted molar refractivity (Wildman–Crippen MR) is 129 cm³/mol. The van der Waals surface area contributed by atoms with Crippen LogP contribution in [0.5, 0.6) is 0 Å². The molecule has 0 radical (unpaired) electrons.